The molecule has 3 fully saturated rings. The van der Waals surface area contributed by atoms with Gasteiger partial charge in [0.1, 0.15) is 0 Å². The number of nitrogens with two attached hydrogens (primary N) is 1. The molecule has 1 saturated heterocycles. The van der Waals surface area contributed by atoms with Crippen LogP contribution in [-0.2, 0) is 4.79 Å². The van der Waals surface area contributed by atoms with E-state index in [-0.39, 0.29) is 12.0 Å². The molecule has 108 valence electrons. The first-order valence-corrected chi connectivity index (χ1v) is 8.32. The van der Waals surface area contributed by atoms with Crippen LogP contribution in [0.5, 0.6) is 0 Å². The molecule has 2 N–H and O–H groups in total. The summed E-state index contributed by atoms with van der Waals surface area (Å²) in [6.07, 6.45) is 12.3. The molecular weight excluding hydrogens is 236 g/mol. The van der Waals surface area contributed by atoms with Crippen LogP contribution in [-0.4, -0.2) is 29.4 Å². The molecule has 1 heterocycles. The first kappa shape index (κ1) is 13.4. The van der Waals surface area contributed by atoms with E-state index in [1.807, 2.05) is 0 Å². The summed E-state index contributed by atoms with van der Waals surface area (Å²) in [5.74, 6) is 1.45. The summed E-state index contributed by atoms with van der Waals surface area (Å²) >= 11 is 0. The maximum Gasteiger partial charge on any atom is 0.225 e. The Morgan fingerprint density at radius 3 is 2.42 bits per heavy atom. The Morgan fingerprint density at radius 2 is 1.74 bits per heavy atom. The van der Waals surface area contributed by atoms with Crippen molar-refractivity contribution < 1.29 is 4.79 Å². The van der Waals surface area contributed by atoms with E-state index in [0.717, 1.165) is 31.7 Å². The summed E-state index contributed by atoms with van der Waals surface area (Å²) in [4.78, 5) is 15.0. The van der Waals surface area contributed by atoms with Gasteiger partial charge in [-0.15, -0.1) is 0 Å². The van der Waals surface area contributed by atoms with E-state index in [4.69, 9.17) is 5.73 Å². The number of rotatable bonds is 2. The van der Waals surface area contributed by atoms with Gasteiger partial charge in [0.15, 0.2) is 0 Å². The van der Waals surface area contributed by atoms with Crippen molar-refractivity contribution >= 4 is 5.91 Å². The average molecular weight is 264 g/mol. The lowest BCUT2D eigenvalue weighted by Crippen LogP contribution is -2.43. The minimum Gasteiger partial charge on any atom is -0.339 e. The molecule has 1 aliphatic heterocycles. The second-order valence-corrected chi connectivity index (χ2v) is 6.91. The minimum atomic E-state index is 0.235. The van der Waals surface area contributed by atoms with Crippen molar-refractivity contribution in [2.75, 3.05) is 6.54 Å². The van der Waals surface area contributed by atoms with Gasteiger partial charge < -0.3 is 10.6 Å². The van der Waals surface area contributed by atoms with Gasteiger partial charge in [-0.1, -0.05) is 19.3 Å². The number of amides is 1. The fraction of sp³-hybridized carbons (Fsp3) is 0.938. The van der Waals surface area contributed by atoms with Crippen molar-refractivity contribution in [1.82, 2.24) is 4.90 Å². The van der Waals surface area contributed by atoms with Crippen LogP contribution < -0.4 is 5.73 Å². The van der Waals surface area contributed by atoms with Gasteiger partial charge in [0, 0.05) is 24.5 Å². The maximum atomic E-state index is 12.7. The standard InChI is InChI=1S/C16H28N2O/c17-14-9-8-13(11-14)16(19)18-10-4-7-15(18)12-5-2-1-3-6-12/h12-15H,1-11,17H2. The van der Waals surface area contributed by atoms with Gasteiger partial charge in [0.05, 0.1) is 0 Å². The van der Waals surface area contributed by atoms with Gasteiger partial charge in [-0.3, -0.25) is 4.79 Å². The monoisotopic (exact) mass is 264 g/mol. The van der Waals surface area contributed by atoms with Crippen molar-refractivity contribution in [1.29, 1.82) is 0 Å². The van der Waals surface area contributed by atoms with Crippen molar-refractivity contribution in [2.45, 2.75) is 76.3 Å². The number of likely N-dealkylation sites (tertiary alicyclic amines) is 1. The molecule has 0 bridgehead atoms. The van der Waals surface area contributed by atoms with Gasteiger partial charge >= 0.3 is 0 Å². The van der Waals surface area contributed by atoms with Crippen LogP contribution in [0.4, 0.5) is 0 Å². The molecule has 3 unspecified atom stereocenters. The van der Waals surface area contributed by atoms with E-state index in [0.29, 0.717) is 11.9 Å². The number of carbonyl (C=O) groups is 1. The van der Waals surface area contributed by atoms with Crippen LogP contribution in [0.25, 0.3) is 0 Å². The fourth-order valence-corrected chi connectivity index (χ4v) is 4.55. The molecule has 3 heteroatoms. The predicted molar refractivity (Wildman–Crippen MR) is 76.6 cm³/mol. The summed E-state index contributed by atoms with van der Waals surface area (Å²) in [7, 11) is 0. The Labute approximate surface area is 116 Å². The molecule has 3 atom stereocenters. The van der Waals surface area contributed by atoms with Crippen LogP contribution in [0, 0.1) is 11.8 Å². The topological polar surface area (TPSA) is 46.3 Å². The summed E-state index contributed by atoms with van der Waals surface area (Å²) in [6.45, 7) is 1.01. The van der Waals surface area contributed by atoms with Gasteiger partial charge in [-0.2, -0.15) is 0 Å². The highest BCUT2D eigenvalue weighted by Gasteiger charge is 2.39. The molecule has 2 aliphatic carbocycles. The Kier molecular flexibility index (Phi) is 4.11. The maximum absolute atomic E-state index is 12.7. The normalized spacial score (nSPS) is 36.9. The summed E-state index contributed by atoms with van der Waals surface area (Å²) in [5, 5.41) is 0. The molecule has 0 aromatic carbocycles. The Morgan fingerprint density at radius 1 is 0.947 bits per heavy atom. The highest BCUT2D eigenvalue weighted by molar-refractivity contribution is 5.79. The number of nitrogens with zero attached hydrogens (tertiary/aromatic N) is 1. The quantitative estimate of drug-likeness (QED) is 0.833. The molecule has 2 saturated carbocycles. The van der Waals surface area contributed by atoms with E-state index in [2.05, 4.69) is 4.90 Å². The van der Waals surface area contributed by atoms with Crippen LogP contribution in [0.2, 0.25) is 0 Å². The zero-order valence-electron chi connectivity index (χ0n) is 12.0. The van der Waals surface area contributed by atoms with E-state index in [9.17, 15) is 4.79 Å². The van der Waals surface area contributed by atoms with Gasteiger partial charge in [-0.25, -0.2) is 0 Å². The molecule has 3 nitrogen and oxygen atoms in total. The van der Waals surface area contributed by atoms with Crippen molar-refractivity contribution in [3.05, 3.63) is 0 Å². The highest BCUT2D eigenvalue weighted by Crippen LogP contribution is 2.36. The lowest BCUT2D eigenvalue weighted by molar-refractivity contribution is -0.137. The van der Waals surface area contributed by atoms with Crippen molar-refractivity contribution in [3.8, 4) is 0 Å². The summed E-state index contributed by atoms with van der Waals surface area (Å²) in [6, 6.07) is 0.828. The third-order valence-corrected chi connectivity index (χ3v) is 5.60. The molecule has 0 aromatic heterocycles. The Bertz CT molecular complexity index is 325. The van der Waals surface area contributed by atoms with Crippen LogP contribution in [0.3, 0.4) is 0 Å². The van der Waals surface area contributed by atoms with E-state index in [1.165, 1.54) is 44.9 Å². The Balaban J connectivity index is 1.63. The molecule has 0 spiro atoms. The molecule has 19 heavy (non-hydrogen) atoms. The Hall–Kier alpha value is -0.570. The SMILES string of the molecule is NC1CCC(C(=O)N2CCCC2C2CCCCC2)C1. The van der Waals surface area contributed by atoms with Crippen LogP contribution >= 0.6 is 0 Å². The number of hydrogen-bond acceptors (Lipinski definition) is 2. The fourth-order valence-electron chi connectivity index (χ4n) is 4.55. The van der Waals surface area contributed by atoms with Gasteiger partial charge in [0.25, 0.3) is 0 Å². The highest BCUT2D eigenvalue weighted by atomic mass is 16.2. The second-order valence-electron chi connectivity index (χ2n) is 6.91. The lowest BCUT2D eigenvalue weighted by atomic mass is 9.82. The first-order valence-electron chi connectivity index (χ1n) is 8.32. The van der Waals surface area contributed by atoms with Gasteiger partial charge in [0.2, 0.25) is 5.91 Å². The molecule has 3 aliphatic rings. The summed E-state index contributed by atoms with van der Waals surface area (Å²) in [5.41, 5.74) is 5.97. The lowest BCUT2D eigenvalue weighted by Gasteiger charge is -2.35. The smallest absolute Gasteiger partial charge is 0.225 e. The average Bonchev–Trinajstić information content (AvgIpc) is 3.07. The second kappa shape index (κ2) is 5.82. The van der Waals surface area contributed by atoms with E-state index in [1.54, 1.807) is 0 Å². The van der Waals surface area contributed by atoms with E-state index < -0.39 is 0 Å². The molecular formula is C16H28N2O. The van der Waals surface area contributed by atoms with Crippen molar-refractivity contribution in [3.63, 3.8) is 0 Å². The third kappa shape index (κ3) is 2.81. The van der Waals surface area contributed by atoms with Crippen LogP contribution in [0.1, 0.15) is 64.2 Å². The summed E-state index contributed by atoms with van der Waals surface area (Å²) < 4.78 is 0. The molecule has 0 radical (unpaired) electrons. The van der Waals surface area contributed by atoms with E-state index >= 15 is 0 Å². The molecule has 3 rings (SSSR count). The predicted octanol–water partition coefficient (Wildman–Crippen LogP) is 2.69. The molecule has 1 amide bonds. The molecule has 0 aromatic rings. The zero-order valence-corrected chi connectivity index (χ0v) is 12.0. The zero-order chi connectivity index (χ0) is 13.2. The van der Waals surface area contributed by atoms with Crippen LogP contribution in [0.15, 0.2) is 0 Å². The third-order valence-electron chi connectivity index (χ3n) is 5.60. The van der Waals surface area contributed by atoms with Gasteiger partial charge in [-0.05, 0) is 50.9 Å². The number of carbonyl (C=O) groups excluding carboxylic acids is 1. The number of hydrogen-bond donors (Lipinski definition) is 1. The van der Waals surface area contributed by atoms with Crippen molar-refractivity contribution in [2.24, 2.45) is 17.6 Å². The largest absolute Gasteiger partial charge is 0.339 e. The first-order chi connectivity index (χ1) is 9.25. The minimum absolute atomic E-state index is 0.235.